The normalized spacial score (nSPS) is 18.2. The van der Waals surface area contributed by atoms with Crippen LogP contribution in [0.2, 0.25) is 0 Å². The highest BCUT2D eigenvalue weighted by Gasteiger charge is 2.16. The van der Waals surface area contributed by atoms with E-state index in [0.717, 1.165) is 35.3 Å². The van der Waals surface area contributed by atoms with E-state index in [0.29, 0.717) is 11.8 Å². The Kier molecular flexibility index (Phi) is 6.63. The Morgan fingerprint density at radius 2 is 1.06 bits per heavy atom. The van der Waals surface area contributed by atoms with Crippen LogP contribution in [-0.4, -0.2) is 45.9 Å². The molecule has 0 aliphatic carbocycles. The van der Waals surface area contributed by atoms with Crippen LogP contribution in [0.3, 0.4) is 0 Å². The number of hydrogen-bond acceptors (Lipinski definition) is 6. The molecule has 2 aliphatic rings. The maximum Gasteiger partial charge on any atom is 0.220 e. The highest BCUT2D eigenvalue weighted by molar-refractivity contribution is 5.79. The summed E-state index contributed by atoms with van der Waals surface area (Å²) in [5.41, 5.74) is 8.65. The summed E-state index contributed by atoms with van der Waals surface area (Å²) in [4.78, 5) is 14.5. The van der Waals surface area contributed by atoms with Crippen molar-refractivity contribution < 1.29 is 8.83 Å². The Morgan fingerprint density at radius 3 is 1.47 bits per heavy atom. The minimum absolute atomic E-state index is 0.573. The van der Waals surface area contributed by atoms with Gasteiger partial charge < -0.3 is 8.83 Å². The average Bonchev–Trinajstić information content (AvgIpc) is 3.47. The first-order valence-electron chi connectivity index (χ1n) is 13.5. The minimum atomic E-state index is 0.573. The van der Waals surface area contributed by atoms with Crippen molar-refractivity contribution in [3.05, 3.63) is 58.3 Å². The second-order valence-corrected chi connectivity index (χ2v) is 10.6. The molecule has 2 aromatic heterocycles. The van der Waals surface area contributed by atoms with Gasteiger partial charge in [0.1, 0.15) is 11.0 Å². The molecule has 6 rings (SSSR count). The van der Waals surface area contributed by atoms with Gasteiger partial charge in [-0.25, -0.2) is 9.97 Å². The van der Waals surface area contributed by atoms with Crippen LogP contribution >= 0.6 is 0 Å². The molecule has 188 valence electrons. The molecular weight excluding hydrogens is 448 g/mol. The maximum absolute atomic E-state index is 6.08. The number of rotatable bonds is 6. The number of likely N-dealkylation sites (tertiary alicyclic amines) is 2. The summed E-state index contributed by atoms with van der Waals surface area (Å²) in [5, 5.41) is 0. The smallest absolute Gasteiger partial charge is 0.220 e. The third kappa shape index (κ3) is 5.11. The summed E-state index contributed by atoms with van der Waals surface area (Å²) in [5.74, 6) is 1.15. The Morgan fingerprint density at radius 1 is 0.639 bits per heavy atom. The number of hydrogen-bond donors (Lipinski definition) is 0. The van der Waals surface area contributed by atoms with Gasteiger partial charge in [0.25, 0.3) is 0 Å². The van der Waals surface area contributed by atoms with Crippen molar-refractivity contribution in [3.63, 3.8) is 0 Å². The van der Waals surface area contributed by atoms with Crippen molar-refractivity contribution in [3.8, 4) is 0 Å². The molecule has 0 N–H and O–H groups in total. The van der Waals surface area contributed by atoms with Crippen LogP contribution in [0.4, 0.5) is 0 Å². The van der Waals surface area contributed by atoms with Crippen LogP contribution in [0.1, 0.15) is 72.6 Å². The Balaban J connectivity index is 1.19. The number of piperidine rings is 2. The fraction of sp³-hybridized carbons (Fsp3) is 0.467. The quantitative estimate of drug-likeness (QED) is 0.302. The zero-order valence-electron chi connectivity index (χ0n) is 21.6. The predicted octanol–water partition coefficient (Wildman–Crippen LogP) is 6.73. The molecular formula is C30H36N4O2. The fourth-order valence-corrected chi connectivity index (χ4v) is 5.62. The molecule has 0 unspecified atom stereocenters. The van der Waals surface area contributed by atoms with Gasteiger partial charge in [-0.3, -0.25) is 9.80 Å². The van der Waals surface area contributed by atoms with Crippen LogP contribution < -0.4 is 0 Å². The topological polar surface area (TPSA) is 58.5 Å². The van der Waals surface area contributed by atoms with Crippen LogP contribution in [0.5, 0.6) is 0 Å². The van der Waals surface area contributed by atoms with E-state index in [-0.39, 0.29) is 0 Å². The van der Waals surface area contributed by atoms with Gasteiger partial charge in [0.05, 0.1) is 0 Å². The van der Waals surface area contributed by atoms with E-state index in [1.807, 2.05) is 12.2 Å². The van der Waals surface area contributed by atoms with Crippen molar-refractivity contribution in [1.82, 2.24) is 19.8 Å². The summed E-state index contributed by atoms with van der Waals surface area (Å²) in [6.07, 6.45) is 11.6. The van der Waals surface area contributed by atoms with Gasteiger partial charge in [0.2, 0.25) is 11.8 Å². The molecule has 4 heterocycles. The molecule has 6 heteroatoms. The molecule has 0 bridgehead atoms. The van der Waals surface area contributed by atoms with Crippen LogP contribution in [0.25, 0.3) is 34.4 Å². The van der Waals surface area contributed by atoms with Crippen LogP contribution in [0, 0.1) is 13.8 Å². The first-order valence-corrected chi connectivity index (χ1v) is 13.5. The van der Waals surface area contributed by atoms with E-state index >= 15 is 0 Å². The van der Waals surface area contributed by atoms with Gasteiger partial charge >= 0.3 is 0 Å². The molecule has 0 amide bonds. The molecule has 36 heavy (non-hydrogen) atoms. The highest BCUT2D eigenvalue weighted by atomic mass is 16.4. The molecule has 2 fully saturated rings. The Hall–Kier alpha value is -2.96. The van der Waals surface area contributed by atoms with Gasteiger partial charge in [-0.2, -0.15) is 0 Å². The lowest BCUT2D eigenvalue weighted by Crippen LogP contribution is -2.29. The van der Waals surface area contributed by atoms with E-state index in [4.69, 9.17) is 8.83 Å². The monoisotopic (exact) mass is 484 g/mol. The average molecular weight is 485 g/mol. The predicted molar refractivity (Wildman–Crippen MR) is 145 cm³/mol. The summed E-state index contributed by atoms with van der Waals surface area (Å²) in [7, 11) is 0. The second-order valence-electron chi connectivity index (χ2n) is 10.6. The zero-order chi connectivity index (χ0) is 24.5. The van der Waals surface area contributed by atoms with E-state index < -0.39 is 0 Å². The van der Waals surface area contributed by atoms with E-state index in [2.05, 4.69) is 57.9 Å². The zero-order valence-corrected chi connectivity index (χ0v) is 21.6. The van der Waals surface area contributed by atoms with Gasteiger partial charge in [0, 0.05) is 25.2 Å². The summed E-state index contributed by atoms with van der Waals surface area (Å²) < 4.78 is 12.2. The van der Waals surface area contributed by atoms with Crippen LogP contribution in [-0.2, 0) is 13.1 Å². The molecule has 0 radical (unpaired) electrons. The lowest BCUT2D eigenvalue weighted by Gasteiger charge is -2.26. The molecule has 0 saturated carbocycles. The number of aromatic nitrogens is 2. The minimum Gasteiger partial charge on any atom is -0.437 e. The number of aryl methyl sites for hydroxylation is 2. The third-order valence-electron chi connectivity index (χ3n) is 7.78. The first-order chi connectivity index (χ1) is 17.6. The SMILES string of the molecule is Cc1cc2nc(C=Cc3nc4cc(C)c(CN5CCCCC5)cc4o3)oc2cc1CN1CCCCC1. The van der Waals surface area contributed by atoms with Gasteiger partial charge in [0.15, 0.2) is 11.2 Å². The van der Waals surface area contributed by atoms with Gasteiger partial charge in [-0.15, -0.1) is 0 Å². The standard InChI is InChI=1S/C30H36N4O2/c1-21-15-25-27(17-23(21)19-33-11-5-3-6-12-33)35-29(31-25)9-10-30-32-26-16-22(2)24(18-28(26)36-30)20-34-13-7-4-8-14-34/h9-10,15-18H,3-8,11-14,19-20H2,1-2H3. The lowest BCUT2D eigenvalue weighted by molar-refractivity contribution is 0.220. The first kappa shape index (κ1) is 23.4. The van der Waals surface area contributed by atoms with Gasteiger partial charge in [-0.05, 0) is 112 Å². The van der Waals surface area contributed by atoms with E-state index in [9.17, 15) is 0 Å². The van der Waals surface area contributed by atoms with Gasteiger partial charge in [-0.1, -0.05) is 12.8 Å². The number of fused-ring (bicyclic) bond motifs is 2. The second kappa shape index (κ2) is 10.2. The lowest BCUT2D eigenvalue weighted by atomic mass is 10.1. The Labute approximate surface area is 213 Å². The van der Waals surface area contributed by atoms with Crippen molar-refractivity contribution in [2.75, 3.05) is 26.2 Å². The third-order valence-corrected chi connectivity index (χ3v) is 7.78. The molecule has 0 spiro atoms. The molecule has 2 aliphatic heterocycles. The molecule has 2 aromatic carbocycles. The summed E-state index contributed by atoms with van der Waals surface area (Å²) in [6, 6.07) is 8.61. The number of benzene rings is 2. The van der Waals surface area contributed by atoms with E-state index in [1.54, 1.807) is 0 Å². The largest absolute Gasteiger partial charge is 0.437 e. The molecule has 0 atom stereocenters. The number of nitrogens with zero attached hydrogens (tertiary/aromatic N) is 4. The van der Waals surface area contributed by atoms with Crippen molar-refractivity contribution >= 4 is 34.4 Å². The van der Waals surface area contributed by atoms with Crippen molar-refractivity contribution in [1.29, 1.82) is 0 Å². The summed E-state index contributed by atoms with van der Waals surface area (Å²) in [6.45, 7) is 11.0. The Bertz CT molecular complexity index is 1280. The van der Waals surface area contributed by atoms with Crippen molar-refractivity contribution in [2.45, 2.75) is 65.5 Å². The van der Waals surface area contributed by atoms with Crippen LogP contribution in [0.15, 0.2) is 33.1 Å². The highest BCUT2D eigenvalue weighted by Crippen LogP contribution is 2.26. The number of oxazole rings is 2. The molecule has 4 aromatic rings. The fourth-order valence-electron chi connectivity index (χ4n) is 5.62. The summed E-state index contributed by atoms with van der Waals surface area (Å²) >= 11 is 0. The van der Waals surface area contributed by atoms with E-state index in [1.165, 1.54) is 87.0 Å². The maximum atomic E-state index is 6.08. The molecule has 6 nitrogen and oxygen atoms in total. The van der Waals surface area contributed by atoms with Crippen molar-refractivity contribution in [2.24, 2.45) is 0 Å². The molecule has 2 saturated heterocycles.